The number of hydrogen-bond donors (Lipinski definition) is 3. The molecule has 1 aliphatic heterocycles. The molecule has 0 unspecified atom stereocenters. The third-order valence-corrected chi connectivity index (χ3v) is 3.60. The molecule has 1 rings (SSSR count). The molecule has 1 heterocycles. The van der Waals surface area contributed by atoms with Crippen LogP contribution in [0.1, 0.15) is 26.7 Å². The molecule has 1 aliphatic rings. The summed E-state index contributed by atoms with van der Waals surface area (Å²) < 4.78 is 4.97. The zero-order valence-corrected chi connectivity index (χ0v) is 11.9. The van der Waals surface area contributed by atoms with Crippen LogP contribution in [0.3, 0.4) is 0 Å². The topological polar surface area (TPSA) is 82.0 Å². The highest BCUT2D eigenvalue weighted by Crippen LogP contribution is 2.16. The molecule has 0 spiro atoms. The lowest BCUT2D eigenvalue weighted by atomic mass is 9.92. The maximum Gasteiger partial charge on any atom is 0.409 e. The molecule has 6 nitrogen and oxygen atoms in total. The Labute approximate surface area is 114 Å². The summed E-state index contributed by atoms with van der Waals surface area (Å²) in [5, 5.41) is 21.8. The summed E-state index contributed by atoms with van der Waals surface area (Å²) in [6, 6.07) is 0.322. The lowest BCUT2D eigenvalue weighted by Crippen LogP contribution is -2.48. The van der Waals surface area contributed by atoms with Crippen molar-refractivity contribution >= 4 is 6.09 Å². The molecule has 0 bridgehead atoms. The maximum absolute atomic E-state index is 11.5. The van der Waals surface area contributed by atoms with Gasteiger partial charge in [-0.25, -0.2) is 4.79 Å². The van der Waals surface area contributed by atoms with Crippen molar-refractivity contribution in [2.45, 2.75) is 32.7 Å². The first-order valence-corrected chi connectivity index (χ1v) is 6.91. The third-order valence-electron chi connectivity index (χ3n) is 3.60. The molecule has 112 valence electrons. The first-order chi connectivity index (χ1) is 9.04. The highest BCUT2D eigenvalue weighted by Gasteiger charge is 2.27. The molecule has 0 aromatic heterocycles. The van der Waals surface area contributed by atoms with E-state index in [2.05, 4.69) is 5.32 Å². The Bertz CT molecular complexity index is 274. The fraction of sp³-hybridized carbons (Fsp3) is 0.923. The highest BCUT2D eigenvalue weighted by atomic mass is 16.6. The van der Waals surface area contributed by atoms with Gasteiger partial charge in [0.15, 0.2) is 0 Å². The molecular formula is C13H26N2O4. The number of amides is 1. The number of rotatable bonds is 6. The monoisotopic (exact) mass is 274 g/mol. The highest BCUT2D eigenvalue weighted by molar-refractivity contribution is 5.67. The van der Waals surface area contributed by atoms with E-state index in [1.165, 1.54) is 0 Å². The van der Waals surface area contributed by atoms with E-state index in [1.54, 1.807) is 11.8 Å². The summed E-state index contributed by atoms with van der Waals surface area (Å²) in [4.78, 5) is 13.3. The maximum atomic E-state index is 11.5. The quantitative estimate of drug-likeness (QED) is 0.644. The lowest BCUT2D eigenvalue weighted by molar-refractivity contribution is 0.0624. The van der Waals surface area contributed by atoms with Crippen molar-refractivity contribution in [2.75, 3.05) is 39.5 Å². The number of ether oxygens (including phenoxy) is 1. The van der Waals surface area contributed by atoms with Crippen LogP contribution in [0, 0.1) is 5.41 Å². The van der Waals surface area contributed by atoms with Gasteiger partial charge in [-0.1, -0.05) is 6.92 Å². The number of piperidine rings is 1. The van der Waals surface area contributed by atoms with Gasteiger partial charge in [-0.15, -0.1) is 0 Å². The molecule has 19 heavy (non-hydrogen) atoms. The predicted octanol–water partition coefficient (Wildman–Crippen LogP) is 0.188. The average Bonchev–Trinajstić information content (AvgIpc) is 2.45. The number of aliphatic hydroxyl groups is 2. The van der Waals surface area contributed by atoms with Crippen molar-refractivity contribution in [1.82, 2.24) is 10.2 Å². The predicted molar refractivity (Wildman–Crippen MR) is 71.9 cm³/mol. The third kappa shape index (κ3) is 4.97. The summed E-state index contributed by atoms with van der Waals surface area (Å²) in [6.45, 7) is 5.91. The number of carbonyl (C=O) groups is 1. The van der Waals surface area contributed by atoms with E-state index in [0.717, 1.165) is 12.8 Å². The van der Waals surface area contributed by atoms with E-state index < -0.39 is 5.41 Å². The van der Waals surface area contributed by atoms with Crippen molar-refractivity contribution < 1.29 is 19.7 Å². The Hall–Kier alpha value is -0.850. The number of carbonyl (C=O) groups excluding carboxylic acids is 1. The molecule has 0 aromatic carbocycles. The fourth-order valence-electron chi connectivity index (χ4n) is 2.03. The molecule has 0 saturated carbocycles. The molecule has 1 fully saturated rings. The minimum absolute atomic E-state index is 0.0435. The van der Waals surface area contributed by atoms with E-state index >= 15 is 0 Å². The number of aliphatic hydroxyl groups excluding tert-OH is 2. The Morgan fingerprint density at radius 3 is 2.42 bits per heavy atom. The normalized spacial score (nSPS) is 17.6. The summed E-state index contributed by atoms with van der Waals surface area (Å²) in [5.74, 6) is 0. The Balaban J connectivity index is 2.29. The van der Waals surface area contributed by atoms with E-state index in [0.29, 0.717) is 32.3 Å². The average molecular weight is 274 g/mol. The molecular weight excluding hydrogens is 248 g/mol. The molecule has 1 saturated heterocycles. The van der Waals surface area contributed by atoms with Crippen LogP contribution in [0.25, 0.3) is 0 Å². The van der Waals surface area contributed by atoms with Crippen molar-refractivity contribution in [1.29, 1.82) is 0 Å². The largest absolute Gasteiger partial charge is 0.450 e. The second kappa shape index (κ2) is 7.67. The number of hydrogen-bond acceptors (Lipinski definition) is 5. The van der Waals surface area contributed by atoms with Gasteiger partial charge in [-0.3, -0.25) is 0 Å². The molecule has 0 aromatic rings. The van der Waals surface area contributed by atoms with Gasteiger partial charge < -0.3 is 25.2 Å². The van der Waals surface area contributed by atoms with Crippen molar-refractivity contribution in [2.24, 2.45) is 5.41 Å². The van der Waals surface area contributed by atoms with Crippen LogP contribution in [0.5, 0.6) is 0 Å². The molecule has 3 N–H and O–H groups in total. The Morgan fingerprint density at radius 2 is 1.95 bits per heavy atom. The number of nitrogens with zero attached hydrogens (tertiary/aromatic N) is 1. The van der Waals surface area contributed by atoms with E-state index in [-0.39, 0.29) is 19.3 Å². The summed E-state index contributed by atoms with van der Waals surface area (Å²) in [6.07, 6.45) is 1.49. The van der Waals surface area contributed by atoms with Crippen LogP contribution in [-0.4, -0.2) is 66.7 Å². The zero-order valence-electron chi connectivity index (χ0n) is 11.9. The summed E-state index contributed by atoms with van der Waals surface area (Å²) in [7, 11) is 0. The SMILES string of the molecule is CCOC(=O)N1CCC(NCC(C)(CO)CO)CC1. The number of likely N-dealkylation sites (tertiary alicyclic amines) is 1. The van der Waals surface area contributed by atoms with Crippen LogP contribution in [0.4, 0.5) is 4.79 Å². The van der Waals surface area contributed by atoms with Gasteiger partial charge in [0.05, 0.1) is 19.8 Å². The van der Waals surface area contributed by atoms with Gasteiger partial charge in [-0.05, 0) is 19.8 Å². The summed E-state index contributed by atoms with van der Waals surface area (Å²) >= 11 is 0. The first kappa shape index (κ1) is 16.2. The smallest absolute Gasteiger partial charge is 0.409 e. The van der Waals surface area contributed by atoms with Crippen molar-refractivity contribution in [3.05, 3.63) is 0 Å². The fourth-order valence-corrected chi connectivity index (χ4v) is 2.03. The summed E-state index contributed by atoms with van der Waals surface area (Å²) in [5.41, 5.74) is -0.488. The van der Waals surface area contributed by atoms with E-state index in [4.69, 9.17) is 4.74 Å². The van der Waals surface area contributed by atoms with Crippen molar-refractivity contribution in [3.8, 4) is 0 Å². The standard InChI is InChI=1S/C13H26N2O4/c1-3-19-12(18)15-6-4-11(5-7-15)14-8-13(2,9-16)10-17/h11,14,16-17H,3-10H2,1-2H3. The van der Waals surface area contributed by atoms with Gasteiger partial charge in [0, 0.05) is 31.1 Å². The van der Waals surface area contributed by atoms with Gasteiger partial charge in [-0.2, -0.15) is 0 Å². The Morgan fingerprint density at radius 1 is 1.37 bits per heavy atom. The van der Waals surface area contributed by atoms with Gasteiger partial charge in [0.25, 0.3) is 0 Å². The second-order valence-electron chi connectivity index (χ2n) is 5.47. The molecule has 0 atom stereocenters. The molecule has 1 amide bonds. The minimum atomic E-state index is -0.488. The van der Waals surface area contributed by atoms with Gasteiger partial charge >= 0.3 is 6.09 Å². The second-order valence-corrected chi connectivity index (χ2v) is 5.47. The Kier molecular flexibility index (Phi) is 6.54. The molecule has 0 aliphatic carbocycles. The molecule has 0 radical (unpaired) electrons. The van der Waals surface area contributed by atoms with Crippen LogP contribution < -0.4 is 5.32 Å². The van der Waals surface area contributed by atoms with Gasteiger partial charge in [0.2, 0.25) is 0 Å². The van der Waals surface area contributed by atoms with Crippen LogP contribution in [0.2, 0.25) is 0 Å². The lowest BCUT2D eigenvalue weighted by Gasteiger charge is -2.34. The van der Waals surface area contributed by atoms with Crippen LogP contribution >= 0.6 is 0 Å². The first-order valence-electron chi connectivity index (χ1n) is 6.91. The van der Waals surface area contributed by atoms with E-state index in [1.807, 2.05) is 6.92 Å². The van der Waals surface area contributed by atoms with E-state index in [9.17, 15) is 15.0 Å². The minimum Gasteiger partial charge on any atom is -0.450 e. The molecule has 6 heteroatoms. The van der Waals surface area contributed by atoms with Crippen LogP contribution in [-0.2, 0) is 4.74 Å². The van der Waals surface area contributed by atoms with Crippen molar-refractivity contribution in [3.63, 3.8) is 0 Å². The number of nitrogens with one attached hydrogen (secondary N) is 1. The van der Waals surface area contributed by atoms with Gasteiger partial charge in [0.1, 0.15) is 0 Å². The van der Waals surface area contributed by atoms with Crippen LogP contribution in [0.15, 0.2) is 0 Å². The zero-order chi connectivity index (χ0) is 14.3.